The number of aliphatic imine (C=N–C) groups is 1. The normalized spacial score (nSPS) is 22.0. The zero-order valence-electron chi connectivity index (χ0n) is 9.21. The summed E-state index contributed by atoms with van der Waals surface area (Å²) in [6.07, 6.45) is 6.85. The molecule has 2 aliphatic rings. The maximum absolute atomic E-state index is 11.9. The van der Waals surface area contributed by atoms with Crippen LogP contribution in [-0.2, 0) is 9.53 Å². The number of ether oxygens (including phenoxy) is 1. The molecule has 6 heteroatoms. The third-order valence-corrected chi connectivity index (χ3v) is 3.51. The molecule has 0 saturated carbocycles. The number of hydrogen-bond acceptors (Lipinski definition) is 5. The largest absolute Gasteiger partial charge is 0.463 e. The number of thioether (sulfide) groups is 1. The molecule has 17 heavy (non-hydrogen) atoms. The Hall–Kier alpha value is -1.53. The SMILES string of the molecule is CCOC(=O)C1=C2C=CC=C2SC1/N=C/NO. The molecule has 2 rings (SSSR count). The minimum absolute atomic E-state index is 0.331. The zero-order valence-corrected chi connectivity index (χ0v) is 10.0. The van der Waals surface area contributed by atoms with E-state index in [-0.39, 0.29) is 11.3 Å². The lowest BCUT2D eigenvalue weighted by atomic mass is 10.1. The first-order chi connectivity index (χ1) is 8.27. The zero-order chi connectivity index (χ0) is 12.3. The van der Waals surface area contributed by atoms with E-state index in [4.69, 9.17) is 9.94 Å². The van der Waals surface area contributed by atoms with Crippen molar-refractivity contribution in [3.05, 3.63) is 34.3 Å². The van der Waals surface area contributed by atoms with Gasteiger partial charge in [-0.15, -0.1) is 0 Å². The summed E-state index contributed by atoms with van der Waals surface area (Å²) >= 11 is 1.46. The highest BCUT2D eigenvalue weighted by atomic mass is 32.2. The molecule has 1 unspecified atom stereocenters. The first-order valence-corrected chi connectivity index (χ1v) is 6.03. The quantitative estimate of drug-likeness (QED) is 0.342. The monoisotopic (exact) mass is 252 g/mol. The highest BCUT2D eigenvalue weighted by molar-refractivity contribution is 8.04. The van der Waals surface area contributed by atoms with Crippen molar-refractivity contribution in [2.75, 3.05) is 6.61 Å². The highest BCUT2D eigenvalue weighted by Gasteiger charge is 2.35. The molecule has 0 amide bonds. The smallest absolute Gasteiger partial charge is 0.337 e. The number of hydrogen-bond donors (Lipinski definition) is 2. The lowest BCUT2D eigenvalue weighted by Crippen LogP contribution is -2.16. The van der Waals surface area contributed by atoms with Crippen LogP contribution in [0.1, 0.15) is 6.92 Å². The topological polar surface area (TPSA) is 70.9 Å². The van der Waals surface area contributed by atoms with Gasteiger partial charge in [0.2, 0.25) is 0 Å². The number of rotatable bonds is 4. The van der Waals surface area contributed by atoms with Crippen molar-refractivity contribution in [1.82, 2.24) is 5.48 Å². The summed E-state index contributed by atoms with van der Waals surface area (Å²) < 4.78 is 5.02. The second-order valence-corrected chi connectivity index (χ2v) is 4.44. The van der Waals surface area contributed by atoms with E-state index in [2.05, 4.69) is 4.99 Å². The van der Waals surface area contributed by atoms with E-state index in [0.29, 0.717) is 12.2 Å². The van der Waals surface area contributed by atoms with Crippen LogP contribution in [0.5, 0.6) is 0 Å². The Morgan fingerprint density at radius 2 is 2.59 bits per heavy atom. The molecule has 0 saturated heterocycles. The van der Waals surface area contributed by atoms with Crippen molar-refractivity contribution in [1.29, 1.82) is 0 Å². The molecule has 1 heterocycles. The van der Waals surface area contributed by atoms with Gasteiger partial charge in [-0.3, -0.25) is 15.7 Å². The molecular weight excluding hydrogens is 240 g/mol. The molecule has 1 aliphatic heterocycles. The third kappa shape index (κ3) is 2.27. The van der Waals surface area contributed by atoms with Crippen LogP contribution in [0.4, 0.5) is 0 Å². The second kappa shape index (κ2) is 5.20. The molecule has 0 aromatic rings. The van der Waals surface area contributed by atoms with E-state index in [1.54, 1.807) is 6.92 Å². The molecule has 0 aromatic heterocycles. The summed E-state index contributed by atoms with van der Waals surface area (Å²) in [7, 11) is 0. The molecule has 0 fully saturated rings. The summed E-state index contributed by atoms with van der Waals surface area (Å²) in [6, 6.07) is 0. The van der Waals surface area contributed by atoms with Gasteiger partial charge in [0.15, 0.2) is 0 Å². The van der Waals surface area contributed by atoms with Gasteiger partial charge in [-0.2, -0.15) is 0 Å². The Kier molecular flexibility index (Phi) is 3.65. The van der Waals surface area contributed by atoms with Crippen LogP contribution < -0.4 is 5.48 Å². The van der Waals surface area contributed by atoms with Crippen molar-refractivity contribution in [2.24, 2.45) is 4.99 Å². The van der Waals surface area contributed by atoms with Crippen LogP contribution >= 0.6 is 11.8 Å². The maximum atomic E-state index is 11.9. The summed E-state index contributed by atoms with van der Waals surface area (Å²) in [6.45, 7) is 2.09. The van der Waals surface area contributed by atoms with Crippen LogP contribution in [-0.4, -0.2) is 29.5 Å². The Morgan fingerprint density at radius 1 is 1.76 bits per heavy atom. The average molecular weight is 252 g/mol. The van der Waals surface area contributed by atoms with Gasteiger partial charge in [-0.1, -0.05) is 23.9 Å². The fraction of sp³-hybridized carbons (Fsp3) is 0.273. The molecule has 0 bridgehead atoms. The van der Waals surface area contributed by atoms with Gasteiger partial charge in [0, 0.05) is 10.5 Å². The van der Waals surface area contributed by atoms with Crippen LogP contribution in [0, 0.1) is 0 Å². The van der Waals surface area contributed by atoms with Gasteiger partial charge in [0.05, 0.1) is 12.2 Å². The number of carbonyl (C=O) groups excluding carboxylic acids is 1. The maximum Gasteiger partial charge on any atom is 0.337 e. The van der Waals surface area contributed by atoms with E-state index < -0.39 is 0 Å². The Balaban J connectivity index is 2.29. The van der Waals surface area contributed by atoms with Crippen molar-refractivity contribution in [2.45, 2.75) is 12.3 Å². The van der Waals surface area contributed by atoms with Crippen molar-refractivity contribution in [3.63, 3.8) is 0 Å². The molecular formula is C11H12N2O3S. The summed E-state index contributed by atoms with van der Waals surface area (Å²) in [5, 5.41) is 8.13. The van der Waals surface area contributed by atoms with Gasteiger partial charge in [-0.05, 0) is 13.0 Å². The summed E-state index contributed by atoms with van der Waals surface area (Å²) in [5.74, 6) is -0.356. The van der Waals surface area contributed by atoms with E-state index in [1.807, 2.05) is 23.7 Å². The van der Waals surface area contributed by atoms with E-state index >= 15 is 0 Å². The number of carbonyl (C=O) groups is 1. The first kappa shape index (κ1) is 11.9. The van der Waals surface area contributed by atoms with Gasteiger partial charge >= 0.3 is 5.97 Å². The molecule has 2 N–H and O–H groups in total. The average Bonchev–Trinajstić information content (AvgIpc) is 2.85. The summed E-state index contributed by atoms with van der Waals surface area (Å²) in [4.78, 5) is 16.9. The van der Waals surface area contributed by atoms with Gasteiger partial charge in [0.1, 0.15) is 11.7 Å². The van der Waals surface area contributed by atoms with Gasteiger partial charge in [0.25, 0.3) is 0 Å². The van der Waals surface area contributed by atoms with E-state index in [9.17, 15) is 4.79 Å². The number of nitrogens with zero attached hydrogens (tertiary/aromatic N) is 1. The minimum Gasteiger partial charge on any atom is -0.463 e. The van der Waals surface area contributed by atoms with Crippen LogP contribution in [0.3, 0.4) is 0 Å². The fourth-order valence-electron chi connectivity index (χ4n) is 1.67. The van der Waals surface area contributed by atoms with Crippen LogP contribution in [0.25, 0.3) is 0 Å². The Bertz CT molecular complexity index is 452. The second-order valence-electron chi connectivity index (χ2n) is 3.32. The molecule has 90 valence electrons. The van der Waals surface area contributed by atoms with E-state index in [0.717, 1.165) is 16.8 Å². The minimum atomic E-state index is -0.361. The number of fused-ring (bicyclic) bond motifs is 1. The van der Waals surface area contributed by atoms with Crippen molar-refractivity contribution < 1.29 is 14.7 Å². The molecule has 5 nitrogen and oxygen atoms in total. The van der Waals surface area contributed by atoms with E-state index in [1.165, 1.54) is 11.8 Å². The third-order valence-electron chi connectivity index (χ3n) is 2.31. The first-order valence-electron chi connectivity index (χ1n) is 5.16. The predicted molar refractivity (Wildman–Crippen MR) is 65.7 cm³/mol. The number of esters is 1. The molecule has 1 aliphatic carbocycles. The standard InChI is InChI=1S/C11H12N2O3S/c1-2-16-11(14)9-7-4-3-5-8(7)17-10(9)12-6-13-15/h3-6,10,15H,2H2,1H3,(H,12,13). The molecule has 0 spiro atoms. The Labute approximate surface area is 103 Å². The number of nitrogens with one attached hydrogen (secondary N) is 1. The lowest BCUT2D eigenvalue weighted by molar-refractivity contribution is -0.138. The Morgan fingerprint density at radius 3 is 3.29 bits per heavy atom. The van der Waals surface area contributed by atoms with Gasteiger partial charge < -0.3 is 4.74 Å². The van der Waals surface area contributed by atoms with Crippen LogP contribution in [0.15, 0.2) is 39.3 Å². The lowest BCUT2D eigenvalue weighted by Gasteiger charge is -2.08. The molecule has 0 radical (unpaired) electrons. The van der Waals surface area contributed by atoms with Crippen molar-refractivity contribution in [3.8, 4) is 0 Å². The highest BCUT2D eigenvalue weighted by Crippen LogP contribution is 2.45. The number of allylic oxidation sites excluding steroid dienone is 4. The summed E-state index contributed by atoms with van der Waals surface area (Å²) in [5.41, 5.74) is 3.23. The van der Waals surface area contributed by atoms with Crippen LogP contribution in [0.2, 0.25) is 0 Å². The van der Waals surface area contributed by atoms with Gasteiger partial charge in [-0.25, -0.2) is 4.79 Å². The van der Waals surface area contributed by atoms with Crippen molar-refractivity contribution >= 4 is 24.1 Å². The molecule has 0 aromatic carbocycles. The predicted octanol–water partition coefficient (Wildman–Crippen LogP) is 1.38. The number of hydroxylamine groups is 1. The molecule has 1 atom stereocenters. The fourth-order valence-corrected chi connectivity index (χ4v) is 2.83.